The molecule has 0 bridgehead atoms. The van der Waals surface area contributed by atoms with Crippen molar-refractivity contribution in [2.45, 2.75) is 83.5 Å². The minimum Gasteiger partial charge on any atom is -0.143 e. The fraction of sp³-hybridized carbons (Fsp3) is 0.619. The Bertz CT molecular complexity index is 551. The minimum atomic E-state index is 0.339. The van der Waals surface area contributed by atoms with Gasteiger partial charge in [0.15, 0.2) is 0 Å². The molecule has 0 N–H and O–H groups in total. The largest absolute Gasteiger partial charge is 0.143 e. The number of fused-ring (bicyclic) bond motifs is 3. The van der Waals surface area contributed by atoms with Crippen molar-refractivity contribution in [1.29, 1.82) is 0 Å². The van der Waals surface area contributed by atoms with Gasteiger partial charge < -0.3 is 0 Å². The summed E-state index contributed by atoms with van der Waals surface area (Å²) in [7, 11) is 0. The van der Waals surface area contributed by atoms with E-state index in [0.29, 0.717) is 5.41 Å². The Morgan fingerprint density at radius 3 is 1.61 bits per heavy atom. The second-order valence-corrected chi connectivity index (χ2v) is 8.86. The number of rotatable bonds is 10. The van der Waals surface area contributed by atoms with E-state index in [1.807, 2.05) is 22.7 Å². The molecule has 23 heavy (non-hydrogen) atoms. The molecule has 0 unspecified atom stereocenters. The number of thiophene rings is 2. The maximum Gasteiger partial charge on any atom is 0.0486 e. The molecule has 2 aromatic rings. The molecule has 0 fully saturated rings. The van der Waals surface area contributed by atoms with Crippen LogP contribution in [-0.4, -0.2) is 0 Å². The van der Waals surface area contributed by atoms with Gasteiger partial charge >= 0.3 is 0 Å². The molecule has 0 atom stereocenters. The monoisotopic (exact) mass is 346 g/mol. The highest BCUT2D eigenvalue weighted by molar-refractivity contribution is 7.21. The summed E-state index contributed by atoms with van der Waals surface area (Å²) in [6.45, 7) is 4.62. The van der Waals surface area contributed by atoms with Crippen LogP contribution >= 0.6 is 22.7 Å². The Balaban J connectivity index is 1.83. The van der Waals surface area contributed by atoms with Crippen LogP contribution in [0.4, 0.5) is 0 Å². The van der Waals surface area contributed by atoms with Gasteiger partial charge in [-0.05, 0) is 46.9 Å². The second-order valence-electron chi connectivity index (χ2n) is 7.03. The van der Waals surface area contributed by atoms with Crippen LogP contribution in [0.15, 0.2) is 22.9 Å². The average Bonchev–Trinajstić information content (AvgIpc) is 3.25. The van der Waals surface area contributed by atoms with E-state index in [1.54, 1.807) is 20.9 Å². The van der Waals surface area contributed by atoms with Gasteiger partial charge in [0.25, 0.3) is 0 Å². The van der Waals surface area contributed by atoms with Crippen molar-refractivity contribution in [2.24, 2.45) is 0 Å². The first-order valence-corrected chi connectivity index (χ1v) is 11.3. The van der Waals surface area contributed by atoms with Crippen LogP contribution in [0.2, 0.25) is 0 Å². The van der Waals surface area contributed by atoms with Crippen molar-refractivity contribution < 1.29 is 0 Å². The van der Waals surface area contributed by atoms with Gasteiger partial charge in [0.2, 0.25) is 0 Å². The minimum absolute atomic E-state index is 0.339. The Labute approximate surface area is 150 Å². The van der Waals surface area contributed by atoms with Crippen LogP contribution in [0.1, 0.15) is 89.2 Å². The summed E-state index contributed by atoms with van der Waals surface area (Å²) < 4.78 is 0. The van der Waals surface area contributed by atoms with Gasteiger partial charge in [-0.3, -0.25) is 0 Å². The Kier molecular flexibility index (Phi) is 5.98. The third kappa shape index (κ3) is 3.30. The molecule has 2 aromatic heterocycles. The van der Waals surface area contributed by atoms with Crippen molar-refractivity contribution >= 4 is 22.7 Å². The SMILES string of the molecule is CCCCCCC1(CCCCCC)c2ccsc2-c2sccc21. The third-order valence-corrected chi connectivity index (χ3v) is 7.48. The highest BCUT2D eigenvalue weighted by Gasteiger charge is 2.43. The van der Waals surface area contributed by atoms with Crippen molar-refractivity contribution in [3.8, 4) is 9.75 Å². The molecule has 0 radical (unpaired) electrons. The molecular weight excluding hydrogens is 316 g/mol. The molecule has 0 saturated carbocycles. The fourth-order valence-corrected chi connectivity index (χ4v) is 6.42. The predicted molar refractivity (Wildman–Crippen MR) is 106 cm³/mol. The lowest BCUT2D eigenvalue weighted by Gasteiger charge is -2.31. The van der Waals surface area contributed by atoms with E-state index in [0.717, 1.165) is 0 Å². The van der Waals surface area contributed by atoms with Crippen LogP contribution in [0.3, 0.4) is 0 Å². The molecule has 0 spiro atoms. The van der Waals surface area contributed by atoms with E-state index in [2.05, 4.69) is 36.7 Å². The zero-order valence-corrected chi connectivity index (χ0v) is 16.3. The van der Waals surface area contributed by atoms with Gasteiger partial charge in [0.05, 0.1) is 0 Å². The number of hydrogen-bond acceptors (Lipinski definition) is 2. The fourth-order valence-electron chi connectivity index (χ4n) is 4.24. The summed E-state index contributed by atoms with van der Waals surface area (Å²) in [4.78, 5) is 3.17. The zero-order valence-electron chi connectivity index (χ0n) is 14.7. The molecule has 0 amide bonds. The zero-order chi connectivity index (χ0) is 16.1. The maximum atomic E-state index is 2.44. The normalized spacial score (nSPS) is 14.9. The molecule has 1 aliphatic rings. The topological polar surface area (TPSA) is 0 Å². The Hall–Kier alpha value is -0.600. The summed E-state index contributed by atoms with van der Waals surface area (Å²) in [5, 5.41) is 4.64. The van der Waals surface area contributed by atoms with Crippen LogP contribution < -0.4 is 0 Å². The van der Waals surface area contributed by atoms with Gasteiger partial charge in [-0.2, -0.15) is 0 Å². The highest BCUT2D eigenvalue weighted by Crippen LogP contribution is 2.57. The van der Waals surface area contributed by atoms with Crippen molar-refractivity contribution in [2.75, 3.05) is 0 Å². The van der Waals surface area contributed by atoms with E-state index in [-0.39, 0.29) is 0 Å². The van der Waals surface area contributed by atoms with Gasteiger partial charge in [0, 0.05) is 15.2 Å². The molecule has 3 rings (SSSR count). The molecule has 0 nitrogen and oxygen atoms in total. The lowest BCUT2D eigenvalue weighted by molar-refractivity contribution is 0.402. The average molecular weight is 347 g/mol. The first-order valence-electron chi connectivity index (χ1n) is 9.49. The van der Waals surface area contributed by atoms with E-state index < -0.39 is 0 Å². The molecule has 2 heterocycles. The van der Waals surface area contributed by atoms with Gasteiger partial charge in [-0.15, -0.1) is 22.7 Å². The molecule has 126 valence electrons. The molecule has 1 aliphatic carbocycles. The maximum absolute atomic E-state index is 2.44. The lowest BCUT2D eigenvalue weighted by atomic mass is 9.71. The van der Waals surface area contributed by atoms with Crippen molar-refractivity contribution in [3.05, 3.63) is 34.0 Å². The van der Waals surface area contributed by atoms with E-state index in [4.69, 9.17) is 0 Å². The second kappa shape index (κ2) is 7.98. The highest BCUT2D eigenvalue weighted by atomic mass is 32.1. The van der Waals surface area contributed by atoms with Crippen LogP contribution in [0.5, 0.6) is 0 Å². The van der Waals surface area contributed by atoms with Crippen LogP contribution in [-0.2, 0) is 5.41 Å². The third-order valence-electron chi connectivity index (χ3n) is 5.48. The first-order chi connectivity index (χ1) is 11.3. The van der Waals surface area contributed by atoms with Crippen LogP contribution in [0, 0.1) is 0 Å². The Morgan fingerprint density at radius 1 is 0.696 bits per heavy atom. The van der Waals surface area contributed by atoms with E-state index >= 15 is 0 Å². The molecule has 0 saturated heterocycles. The number of unbranched alkanes of at least 4 members (excludes halogenated alkanes) is 6. The molecular formula is C21H30S2. The molecule has 2 heteroatoms. The van der Waals surface area contributed by atoms with Gasteiger partial charge in [-0.1, -0.05) is 65.2 Å². The van der Waals surface area contributed by atoms with Crippen molar-refractivity contribution in [3.63, 3.8) is 0 Å². The Morgan fingerprint density at radius 2 is 1.17 bits per heavy atom. The predicted octanol–water partition coefficient (Wildman–Crippen LogP) is 8.02. The quantitative estimate of drug-likeness (QED) is 0.382. The van der Waals surface area contributed by atoms with Gasteiger partial charge in [0.1, 0.15) is 0 Å². The summed E-state index contributed by atoms with van der Waals surface area (Å²) in [6.07, 6.45) is 13.7. The van der Waals surface area contributed by atoms with Crippen molar-refractivity contribution in [1.82, 2.24) is 0 Å². The van der Waals surface area contributed by atoms with E-state index in [9.17, 15) is 0 Å². The number of hydrogen-bond donors (Lipinski definition) is 0. The van der Waals surface area contributed by atoms with Gasteiger partial charge in [-0.25, -0.2) is 0 Å². The van der Waals surface area contributed by atoms with Crippen LogP contribution in [0.25, 0.3) is 9.75 Å². The first kappa shape index (κ1) is 17.2. The molecule has 0 aliphatic heterocycles. The lowest BCUT2D eigenvalue weighted by Crippen LogP contribution is -2.24. The smallest absolute Gasteiger partial charge is 0.0486 e. The van der Waals surface area contributed by atoms with E-state index in [1.165, 1.54) is 64.2 Å². The summed E-state index contributed by atoms with van der Waals surface area (Å²) >= 11 is 3.92. The summed E-state index contributed by atoms with van der Waals surface area (Å²) in [6, 6.07) is 4.87. The summed E-state index contributed by atoms with van der Waals surface area (Å²) in [5.41, 5.74) is 3.67. The summed E-state index contributed by atoms with van der Waals surface area (Å²) in [5.74, 6) is 0. The molecule has 0 aromatic carbocycles. The standard InChI is InChI=1S/C21H30S2/c1-3-5-7-9-13-21(14-10-8-6-4-2)17-11-15-22-19(17)20-18(21)12-16-23-20/h11-12,15-16H,3-10,13-14H2,1-2H3.